The molecule has 0 aliphatic carbocycles. The van der Waals surface area contributed by atoms with Crippen molar-refractivity contribution in [3.05, 3.63) is 64.7 Å². The van der Waals surface area contributed by atoms with Gasteiger partial charge >= 0.3 is 10.1 Å². The first-order valence-corrected chi connectivity index (χ1v) is 10.7. The van der Waals surface area contributed by atoms with Gasteiger partial charge in [0.25, 0.3) is 5.91 Å². The Hall–Kier alpha value is -2.05. The van der Waals surface area contributed by atoms with Gasteiger partial charge < -0.3 is 9.08 Å². The Balaban J connectivity index is 2.24. The molecule has 2 rings (SSSR count). The molecule has 0 heterocycles. The summed E-state index contributed by atoms with van der Waals surface area (Å²) in [4.78, 5) is 14.7. The van der Waals surface area contributed by atoms with E-state index in [1.54, 1.807) is 47.4 Å². The van der Waals surface area contributed by atoms with Crippen LogP contribution in [-0.4, -0.2) is 31.5 Å². The van der Waals surface area contributed by atoms with Crippen LogP contribution in [0.2, 0.25) is 5.02 Å². The minimum Gasteiger partial charge on any atom is -0.382 e. The number of benzene rings is 2. The summed E-state index contributed by atoms with van der Waals surface area (Å²) in [5, 5.41) is 0.505. The predicted molar refractivity (Wildman–Crippen MR) is 108 cm³/mol. The van der Waals surface area contributed by atoms with E-state index in [-0.39, 0.29) is 23.3 Å². The van der Waals surface area contributed by atoms with E-state index >= 15 is 0 Å². The topological polar surface area (TPSA) is 63.7 Å². The van der Waals surface area contributed by atoms with Gasteiger partial charge in [-0.3, -0.25) is 4.79 Å². The van der Waals surface area contributed by atoms with Crippen LogP contribution in [0.3, 0.4) is 0 Å². The minimum atomic E-state index is -3.60. The van der Waals surface area contributed by atoms with Gasteiger partial charge in [-0.05, 0) is 48.7 Å². The van der Waals surface area contributed by atoms with Crippen molar-refractivity contribution in [1.29, 1.82) is 0 Å². The van der Waals surface area contributed by atoms with E-state index in [9.17, 15) is 13.2 Å². The summed E-state index contributed by atoms with van der Waals surface area (Å²) in [6.07, 6.45) is 0. The molecule has 2 aromatic rings. The fourth-order valence-corrected chi connectivity index (χ4v) is 3.29. The number of rotatable bonds is 8. The van der Waals surface area contributed by atoms with Crippen molar-refractivity contribution in [2.75, 3.05) is 12.3 Å². The van der Waals surface area contributed by atoms with Gasteiger partial charge in [0.2, 0.25) is 0 Å². The van der Waals surface area contributed by atoms with E-state index in [1.165, 1.54) is 6.92 Å². The summed E-state index contributed by atoms with van der Waals surface area (Å²) in [6.45, 7) is 6.49. The second-order valence-corrected chi connectivity index (χ2v) is 8.96. The first kappa shape index (κ1) is 21.3. The van der Waals surface area contributed by atoms with Crippen LogP contribution >= 0.6 is 11.6 Å². The van der Waals surface area contributed by atoms with Crippen molar-refractivity contribution in [3.63, 3.8) is 0 Å². The average Bonchev–Trinajstić information content (AvgIpc) is 2.60. The van der Waals surface area contributed by atoms with Gasteiger partial charge in [-0.25, -0.2) is 0 Å². The second-order valence-electron chi connectivity index (χ2n) is 6.67. The molecule has 0 bridgehead atoms. The zero-order valence-electron chi connectivity index (χ0n) is 15.7. The van der Waals surface area contributed by atoms with Crippen molar-refractivity contribution in [2.24, 2.45) is 5.92 Å². The van der Waals surface area contributed by atoms with Crippen molar-refractivity contribution in [3.8, 4) is 5.75 Å². The van der Waals surface area contributed by atoms with Crippen LogP contribution in [0, 0.1) is 5.92 Å². The molecule has 0 spiro atoms. The Kier molecular flexibility index (Phi) is 7.27. The molecule has 0 N–H and O–H groups in total. The molecule has 0 aliphatic heterocycles. The third-order valence-electron chi connectivity index (χ3n) is 3.79. The Labute approximate surface area is 166 Å². The number of halogens is 1. The Morgan fingerprint density at radius 2 is 1.85 bits per heavy atom. The molecule has 0 aromatic heterocycles. The molecule has 0 atom stereocenters. The van der Waals surface area contributed by atoms with Crippen LogP contribution in [0.25, 0.3) is 0 Å². The maximum Gasteiger partial charge on any atom is 0.308 e. The molecule has 0 saturated carbocycles. The van der Waals surface area contributed by atoms with E-state index in [0.717, 1.165) is 5.56 Å². The molecule has 0 radical (unpaired) electrons. The highest BCUT2D eigenvalue weighted by Crippen LogP contribution is 2.20. The molecular formula is C20H24ClNO4S. The van der Waals surface area contributed by atoms with Gasteiger partial charge in [0, 0.05) is 23.7 Å². The fourth-order valence-electron chi connectivity index (χ4n) is 2.59. The number of amides is 1. The molecule has 0 unspecified atom stereocenters. The van der Waals surface area contributed by atoms with E-state index in [0.29, 0.717) is 23.7 Å². The molecule has 0 aliphatic rings. The van der Waals surface area contributed by atoms with Crippen molar-refractivity contribution in [2.45, 2.75) is 27.3 Å². The Morgan fingerprint density at radius 3 is 2.48 bits per heavy atom. The summed E-state index contributed by atoms with van der Waals surface area (Å²) >= 11 is 6.01. The van der Waals surface area contributed by atoms with E-state index in [4.69, 9.17) is 15.8 Å². The molecule has 0 saturated heterocycles. The standard InChI is InChI=1S/C20H24ClNO4S/c1-4-27(24,25)26-19-10-5-7-16(11-19)14-22(13-15(2)3)20(23)17-8-6-9-18(21)12-17/h5-12,15H,4,13-14H2,1-3H3. The van der Waals surface area contributed by atoms with Crippen molar-refractivity contribution >= 4 is 27.6 Å². The van der Waals surface area contributed by atoms with Crippen LogP contribution in [0.5, 0.6) is 5.75 Å². The Bertz CT molecular complexity index is 896. The van der Waals surface area contributed by atoms with Gasteiger partial charge in [-0.1, -0.05) is 43.6 Å². The summed E-state index contributed by atoms with van der Waals surface area (Å²) in [6, 6.07) is 13.6. The van der Waals surface area contributed by atoms with Crippen LogP contribution in [-0.2, 0) is 16.7 Å². The third-order valence-corrected chi connectivity index (χ3v) is 5.18. The largest absolute Gasteiger partial charge is 0.382 e. The summed E-state index contributed by atoms with van der Waals surface area (Å²) in [5.41, 5.74) is 1.30. The predicted octanol–water partition coefficient (Wildman–Crippen LogP) is 4.37. The normalized spacial score (nSPS) is 11.4. The average molecular weight is 410 g/mol. The highest BCUT2D eigenvalue weighted by molar-refractivity contribution is 7.87. The highest BCUT2D eigenvalue weighted by atomic mass is 35.5. The number of carbonyl (C=O) groups is 1. The monoisotopic (exact) mass is 409 g/mol. The maximum absolute atomic E-state index is 12.9. The van der Waals surface area contributed by atoms with E-state index in [2.05, 4.69) is 0 Å². The van der Waals surface area contributed by atoms with Crippen molar-refractivity contribution < 1.29 is 17.4 Å². The molecule has 5 nitrogen and oxygen atoms in total. The zero-order chi connectivity index (χ0) is 20.0. The first-order chi connectivity index (χ1) is 12.7. The van der Waals surface area contributed by atoms with Crippen molar-refractivity contribution in [1.82, 2.24) is 4.90 Å². The van der Waals surface area contributed by atoms with Crippen LogP contribution in [0.4, 0.5) is 0 Å². The van der Waals surface area contributed by atoms with Gasteiger partial charge in [0.1, 0.15) is 5.75 Å². The molecule has 146 valence electrons. The number of hydrogen-bond donors (Lipinski definition) is 0. The quantitative estimate of drug-likeness (QED) is 0.607. The summed E-state index contributed by atoms with van der Waals surface area (Å²) in [5.74, 6) is 0.282. The number of carbonyl (C=O) groups excluding carboxylic acids is 1. The third kappa shape index (κ3) is 6.56. The maximum atomic E-state index is 12.9. The number of hydrogen-bond acceptors (Lipinski definition) is 4. The molecule has 7 heteroatoms. The summed E-state index contributed by atoms with van der Waals surface area (Å²) in [7, 11) is -3.60. The van der Waals surface area contributed by atoms with Gasteiger partial charge in [0.05, 0.1) is 5.75 Å². The van der Waals surface area contributed by atoms with Crippen LogP contribution in [0.1, 0.15) is 36.7 Å². The first-order valence-electron chi connectivity index (χ1n) is 8.76. The molecule has 2 aromatic carbocycles. The Morgan fingerprint density at radius 1 is 1.15 bits per heavy atom. The molecule has 0 fully saturated rings. The lowest BCUT2D eigenvalue weighted by molar-refractivity contribution is 0.0722. The fraction of sp³-hybridized carbons (Fsp3) is 0.350. The van der Waals surface area contributed by atoms with Crippen LogP contribution in [0.15, 0.2) is 48.5 Å². The van der Waals surface area contributed by atoms with Gasteiger partial charge in [-0.15, -0.1) is 0 Å². The second kappa shape index (κ2) is 9.24. The van der Waals surface area contributed by atoms with Gasteiger partial charge in [0.15, 0.2) is 0 Å². The lowest BCUT2D eigenvalue weighted by Crippen LogP contribution is -2.33. The lowest BCUT2D eigenvalue weighted by atomic mass is 10.1. The molecule has 1 amide bonds. The molecular weight excluding hydrogens is 386 g/mol. The zero-order valence-corrected chi connectivity index (χ0v) is 17.3. The highest BCUT2D eigenvalue weighted by Gasteiger charge is 2.18. The van der Waals surface area contributed by atoms with Crippen LogP contribution < -0.4 is 4.18 Å². The van der Waals surface area contributed by atoms with Gasteiger partial charge in [-0.2, -0.15) is 8.42 Å². The minimum absolute atomic E-state index is 0.107. The smallest absolute Gasteiger partial charge is 0.308 e. The lowest BCUT2D eigenvalue weighted by Gasteiger charge is -2.25. The van der Waals surface area contributed by atoms with E-state index < -0.39 is 10.1 Å². The molecule has 27 heavy (non-hydrogen) atoms. The number of nitrogens with zero attached hydrogens (tertiary/aromatic N) is 1. The summed E-state index contributed by atoms with van der Waals surface area (Å²) < 4.78 is 28.4. The SMILES string of the molecule is CCS(=O)(=O)Oc1cccc(CN(CC(C)C)C(=O)c2cccc(Cl)c2)c1. The van der Waals surface area contributed by atoms with E-state index in [1.807, 2.05) is 19.9 Å².